The van der Waals surface area contributed by atoms with Crippen molar-refractivity contribution in [1.29, 1.82) is 0 Å². The summed E-state index contributed by atoms with van der Waals surface area (Å²) in [6.07, 6.45) is 0. The fourth-order valence-electron chi connectivity index (χ4n) is 2.04. The van der Waals surface area contributed by atoms with Crippen molar-refractivity contribution in [2.75, 3.05) is 0 Å². The second kappa shape index (κ2) is 5.18. The van der Waals surface area contributed by atoms with E-state index in [1.54, 1.807) is 0 Å². The minimum absolute atomic E-state index is 0.219. The minimum atomic E-state index is -0.624. The van der Waals surface area contributed by atoms with Crippen LogP contribution in [0.3, 0.4) is 0 Å². The van der Waals surface area contributed by atoms with E-state index in [4.69, 9.17) is 15.0 Å². The Hall–Kier alpha value is -2.40. The average molecular weight is 283 g/mol. The predicted molar refractivity (Wildman–Crippen MR) is 79.8 cm³/mol. The van der Waals surface area contributed by atoms with Gasteiger partial charge in [-0.2, -0.15) is 4.98 Å². The van der Waals surface area contributed by atoms with E-state index in [0.29, 0.717) is 11.7 Å². The van der Waals surface area contributed by atoms with Gasteiger partial charge in [0.2, 0.25) is 0 Å². The SMILES string of the molecule is CC(C)(N)c1noc(COc2cccc3ccccc23)n1. The highest BCUT2D eigenvalue weighted by Crippen LogP contribution is 2.25. The fraction of sp³-hybridized carbons (Fsp3) is 0.250. The molecule has 0 aliphatic rings. The first-order valence-electron chi connectivity index (χ1n) is 6.76. The number of hydrogen-bond donors (Lipinski definition) is 1. The van der Waals surface area contributed by atoms with E-state index in [1.165, 1.54) is 0 Å². The van der Waals surface area contributed by atoms with Gasteiger partial charge in [0.1, 0.15) is 5.75 Å². The molecule has 0 amide bonds. The number of rotatable bonds is 4. The van der Waals surface area contributed by atoms with Crippen LogP contribution < -0.4 is 10.5 Å². The monoisotopic (exact) mass is 283 g/mol. The maximum atomic E-state index is 5.93. The molecule has 0 atom stereocenters. The van der Waals surface area contributed by atoms with Gasteiger partial charge in [0.25, 0.3) is 5.89 Å². The molecule has 0 spiro atoms. The van der Waals surface area contributed by atoms with Crippen LogP contribution in [0.4, 0.5) is 0 Å². The molecule has 0 bridgehead atoms. The highest BCUT2D eigenvalue weighted by Gasteiger charge is 2.21. The molecule has 0 unspecified atom stereocenters. The Bertz CT molecular complexity index is 754. The summed E-state index contributed by atoms with van der Waals surface area (Å²) >= 11 is 0. The van der Waals surface area contributed by atoms with Gasteiger partial charge in [0, 0.05) is 5.39 Å². The van der Waals surface area contributed by atoms with E-state index in [2.05, 4.69) is 10.1 Å². The number of nitrogens with two attached hydrogens (primary N) is 1. The lowest BCUT2D eigenvalue weighted by Crippen LogP contribution is -2.30. The van der Waals surface area contributed by atoms with E-state index in [9.17, 15) is 0 Å². The molecule has 108 valence electrons. The molecular formula is C16H17N3O2. The molecule has 21 heavy (non-hydrogen) atoms. The Morgan fingerprint density at radius 2 is 1.90 bits per heavy atom. The van der Waals surface area contributed by atoms with Crippen LogP contribution in [0.2, 0.25) is 0 Å². The first-order chi connectivity index (χ1) is 10.0. The van der Waals surface area contributed by atoms with Gasteiger partial charge in [-0.25, -0.2) is 0 Å². The second-order valence-corrected chi connectivity index (χ2v) is 5.50. The van der Waals surface area contributed by atoms with E-state index < -0.39 is 5.54 Å². The zero-order valence-corrected chi connectivity index (χ0v) is 12.0. The fourth-order valence-corrected chi connectivity index (χ4v) is 2.04. The van der Waals surface area contributed by atoms with Crippen molar-refractivity contribution in [3.05, 3.63) is 54.2 Å². The molecule has 0 saturated carbocycles. The van der Waals surface area contributed by atoms with Gasteiger partial charge >= 0.3 is 0 Å². The number of ether oxygens (including phenoxy) is 1. The van der Waals surface area contributed by atoms with Gasteiger partial charge in [-0.3, -0.25) is 0 Å². The van der Waals surface area contributed by atoms with Crippen LogP contribution >= 0.6 is 0 Å². The van der Waals surface area contributed by atoms with Crippen molar-refractivity contribution < 1.29 is 9.26 Å². The van der Waals surface area contributed by atoms with Crippen LogP contribution in [-0.4, -0.2) is 10.1 Å². The Labute approximate surface area is 122 Å². The van der Waals surface area contributed by atoms with Crippen molar-refractivity contribution in [1.82, 2.24) is 10.1 Å². The van der Waals surface area contributed by atoms with Gasteiger partial charge in [0.05, 0.1) is 5.54 Å². The quantitative estimate of drug-likeness (QED) is 0.796. The van der Waals surface area contributed by atoms with Crippen LogP contribution in [0, 0.1) is 0 Å². The van der Waals surface area contributed by atoms with E-state index in [0.717, 1.165) is 16.5 Å². The van der Waals surface area contributed by atoms with E-state index in [-0.39, 0.29) is 6.61 Å². The minimum Gasteiger partial charge on any atom is -0.483 e. The van der Waals surface area contributed by atoms with Crippen molar-refractivity contribution in [3.8, 4) is 5.75 Å². The summed E-state index contributed by atoms with van der Waals surface area (Å²) in [7, 11) is 0. The van der Waals surface area contributed by atoms with Crippen molar-refractivity contribution in [3.63, 3.8) is 0 Å². The lowest BCUT2D eigenvalue weighted by molar-refractivity contribution is 0.244. The number of fused-ring (bicyclic) bond motifs is 1. The largest absolute Gasteiger partial charge is 0.483 e. The maximum Gasteiger partial charge on any atom is 0.264 e. The summed E-state index contributed by atoms with van der Waals surface area (Å²) in [6, 6.07) is 14.0. The smallest absolute Gasteiger partial charge is 0.264 e. The number of aromatic nitrogens is 2. The van der Waals surface area contributed by atoms with Crippen molar-refractivity contribution >= 4 is 10.8 Å². The lowest BCUT2D eigenvalue weighted by Gasteiger charge is -2.11. The lowest BCUT2D eigenvalue weighted by atomic mass is 10.1. The predicted octanol–water partition coefficient (Wildman–Crippen LogP) is 3.00. The van der Waals surface area contributed by atoms with Gasteiger partial charge in [-0.15, -0.1) is 0 Å². The normalized spacial score (nSPS) is 11.8. The Balaban J connectivity index is 1.79. The third-order valence-corrected chi connectivity index (χ3v) is 3.15. The van der Waals surface area contributed by atoms with Crippen molar-refractivity contribution in [2.24, 2.45) is 5.73 Å². The standard InChI is InChI=1S/C16H17N3O2/c1-16(2,17)15-18-14(21-19-15)10-20-13-9-5-7-11-6-3-4-8-12(11)13/h3-9H,10,17H2,1-2H3. The van der Waals surface area contributed by atoms with E-state index >= 15 is 0 Å². The third kappa shape index (κ3) is 2.87. The molecule has 0 radical (unpaired) electrons. The highest BCUT2D eigenvalue weighted by molar-refractivity contribution is 5.88. The number of hydrogen-bond acceptors (Lipinski definition) is 5. The topological polar surface area (TPSA) is 74.2 Å². The summed E-state index contributed by atoms with van der Waals surface area (Å²) in [5.74, 6) is 1.68. The van der Waals surface area contributed by atoms with Crippen LogP contribution in [0.1, 0.15) is 25.6 Å². The molecule has 1 heterocycles. The molecule has 2 aromatic carbocycles. The van der Waals surface area contributed by atoms with Gasteiger partial charge in [-0.05, 0) is 25.3 Å². The first kappa shape index (κ1) is 13.6. The first-order valence-corrected chi connectivity index (χ1v) is 6.76. The molecule has 0 fully saturated rings. The zero-order valence-electron chi connectivity index (χ0n) is 12.0. The van der Waals surface area contributed by atoms with Crippen LogP contribution in [0.5, 0.6) is 5.75 Å². The molecule has 3 aromatic rings. The average Bonchev–Trinajstić information content (AvgIpc) is 2.94. The Morgan fingerprint density at radius 3 is 2.67 bits per heavy atom. The number of nitrogens with zero attached hydrogens (tertiary/aromatic N) is 2. The van der Waals surface area contributed by atoms with Crippen LogP contribution in [0.25, 0.3) is 10.8 Å². The molecule has 5 nitrogen and oxygen atoms in total. The van der Waals surface area contributed by atoms with Crippen molar-refractivity contribution in [2.45, 2.75) is 26.0 Å². The summed E-state index contributed by atoms with van der Waals surface area (Å²) in [5, 5.41) is 6.05. The van der Waals surface area contributed by atoms with Crippen LogP contribution in [0.15, 0.2) is 47.0 Å². The summed E-state index contributed by atoms with van der Waals surface area (Å²) in [5.41, 5.74) is 5.30. The molecule has 0 saturated heterocycles. The maximum absolute atomic E-state index is 5.93. The van der Waals surface area contributed by atoms with Crippen LogP contribution in [-0.2, 0) is 12.1 Å². The Morgan fingerprint density at radius 1 is 1.14 bits per heavy atom. The van der Waals surface area contributed by atoms with Gasteiger partial charge in [-0.1, -0.05) is 41.6 Å². The molecule has 5 heteroatoms. The highest BCUT2D eigenvalue weighted by atomic mass is 16.5. The third-order valence-electron chi connectivity index (χ3n) is 3.15. The van der Waals surface area contributed by atoms with E-state index in [1.807, 2.05) is 56.3 Å². The molecule has 3 rings (SSSR count). The zero-order chi connectivity index (χ0) is 14.9. The van der Waals surface area contributed by atoms with Gasteiger partial charge in [0.15, 0.2) is 12.4 Å². The summed E-state index contributed by atoms with van der Waals surface area (Å²) < 4.78 is 11.0. The molecule has 1 aromatic heterocycles. The molecule has 2 N–H and O–H groups in total. The number of benzene rings is 2. The molecular weight excluding hydrogens is 266 g/mol. The summed E-state index contributed by atoms with van der Waals surface area (Å²) in [4.78, 5) is 4.25. The molecule has 0 aliphatic heterocycles. The summed E-state index contributed by atoms with van der Waals surface area (Å²) in [6.45, 7) is 3.87. The second-order valence-electron chi connectivity index (χ2n) is 5.50. The Kier molecular flexibility index (Phi) is 3.35. The van der Waals surface area contributed by atoms with Gasteiger partial charge < -0.3 is 15.0 Å². The molecule has 0 aliphatic carbocycles.